The highest BCUT2D eigenvalue weighted by Gasteiger charge is 2.44. The molecule has 0 bridgehead atoms. The van der Waals surface area contributed by atoms with Gasteiger partial charge in [-0.2, -0.15) is 0 Å². The summed E-state index contributed by atoms with van der Waals surface area (Å²) in [6.07, 6.45) is 8.18. The van der Waals surface area contributed by atoms with Crippen molar-refractivity contribution in [3.63, 3.8) is 0 Å². The van der Waals surface area contributed by atoms with Gasteiger partial charge in [0.2, 0.25) is 0 Å². The van der Waals surface area contributed by atoms with Gasteiger partial charge < -0.3 is 14.8 Å². The van der Waals surface area contributed by atoms with E-state index in [-0.39, 0.29) is 12.1 Å². The Kier molecular flexibility index (Phi) is 6.08. The highest BCUT2D eigenvalue weighted by molar-refractivity contribution is 9.10. The molecule has 3 heterocycles. The third kappa shape index (κ3) is 3.88. The largest absolute Gasteiger partial charge is 0.352 e. The molecule has 1 aliphatic heterocycles. The van der Waals surface area contributed by atoms with Crippen molar-refractivity contribution in [1.29, 1.82) is 0 Å². The average molecular weight is 510 g/mol. The second-order valence-corrected chi connectivity index (χ2v) is 10.3. The first kappa shape index (κ1) is 21.7. The zero-order valence-electron chi connectivity index (χ0n) is 18.6. The predicted octanol–water partition coefficient (Wildman–Crippen LogP) is 6.56. The molecule has 5 rings (SSSR count). The Morgan fingerprint density at radius 3 is 2.56 bits per heavy atom. The maximum atomic E-state index is 5.94. The summed E-state index contributed by atoms with van der Waals surface area (Å²) in [7, 11) is 0. The quantitative estimate of drug-likeness (QED) is 0.404. The number of nitrogens with one attached hydrogen (secondary N) is 1. The lowest BCUT2D eigenvalue weighted by molar-refractivity contribution is 0.197. The third-order valence-corrected chi connectivity index (χ3v) is 7.78. The number of hydrogen-bond donors (Lipinski definition) is 1. The maximum absolute atomic E-state index is 5.94. The summed E-state index contributed by atoms with van der Waals surface area (Å²) >= 11 is 9.58. The van der Waals surface area contributed by atoms with E-state index in [1.54, 1.807) is 0 Å². The van der Waals surface area contributed by atoms with E-state index >= 15 is 0 Å². The molecule has 2 aliphatic rings. The van der Waals surface area contributed by atoms with Gasteiger partial charge in [0.1, 0.15) is 0 Å². The number of benzene rings is 1. The number of aromatic nitrogens is 2. The van der Waals surface area contributed by atoms with Crippen LogP contribution in [-0.4, -0.2) is 25.6 Å². The molecule has 2 aromatic heterocycles. The summed E-state index contributed by atoms with van der Waals surface area (Å²) in [5.74, 6) is 0. The Morgan fingerprint density at radius 1 is 1.03 bits per heavy atom. The van der Waals surface area contributed by atoms with Crippen molar-refractivity contribution in [2.75, 3.05) is 0 Å². The lowest BCUT2D eigenvalue weighted by atomic mass is 9.90. The molecule has 4 nitrogen and oxygen atoms in total. The molecule has 0 spiro atoms. The number of aryl methyl sites for hydroxylation is 1. The van der Waals surface area contributed by atoms with Gasteiger partial charge in [0.25, 0.3) is 0 Å². The first-order valence-electron chi connectivity index (χ1n) is 11.5. The molecule has 1 saturated heterocycles. The molecular formula is C26H29BrN4S. The van der Waals surface area contributed by atoms with Crippen molar-refractivity contribution in [3.05, 3.63) is 81.8 Å². The Hall–Kier alpha value is -2.18. The summed E-state index contributed by atoms with van der Waals surface area (Å²) in [4.78, 5) is 7.22. The second-order valence-electron chi connectivity index (χ2n) is 8.97. The molecule has 1 saturated carbocycles. The first-order valence-corrected chi connectivity index (χ1v) is 12.7. The van der Waals surface area contributed by atoms with Crippen LogP contribution in [-0.2, 0) is 0 Å². The van der Waals surface area contributed by atoms with E-state index in [2.05, 4.69) is 87.0 Å². The van der Waals surface area contributed by atoms with E-state index in [1.165, 1.54) is 54.7 Å². The Morgan fingerprint density at radius 2 is 1.84 bits per heavy atom. The van der Waals surface area contributed by atoms with Crippen LogP contribution in [0.3, 0.4) is 0 Å². The second kappa shape index (κ2) is 8.99. The molecule has 166 valence electrons. The Balaban J connectivity index is 1.63. The van der Waals surface area contributed by atoms with Gasteiger partial charge in [-0.25, -0.2) is 0 Å². The van der Waals surface area contributed by atoms with Gasteiger partial charge in [-0.05, 0) is 80.9 Å². The Bertz CT molecular complexity index is 1120. The molecule has 0 amide bonds. The number of rotatable bonds is 4. The minimum Gasteiger partial charge on any atom is -0.352 e. The van der Waals surface area contributed by atoms with E-state index in [0.717, 1.165) is 15.3 Å². The molecule has 6 heteroatoms. The number of thiocarbonyl (C=S) groups is 1. The average Bonchev–Trinajstić information content (AvgIpc) is 3.30. The van der Waals surface area contributed by atoms with Crippen LogP contribution >= 0.6 is 28.1 Å². The van der Waals surface area contributed by atoms with Gasteiger partial charge >= 0.3 is 0 Å². The monoisotopic (exact) mass is 508 g/mol. The molecular weight excluding hydrogens is 480 g/mol. The van der Waals surface area contributed by atoms with Gasteiger partial charge in [-0.3, -0.25) is 4.98 Å². The Labute approximate surface area is 204 Å². The lowest BCUT2D eigenvalue weighted by Crippen LogP contribution is -2.40. The van der Waals surface area contributed by atoms with Crippen molar-refractivity contribution in [3.8, 4) is 5.69 Å². The van der Waals surface area contributed by atoms with Crippen LogP contribution in [0, 0.1) is 13.8 Å². The first-order chi connectivity index (χ1) is 15.5. The summed E-state index contributed by atoms with van der Waals surface area (Å²) in [6.45, 7) is 4.43. The number of nitrogens with zero attached hydrogens (tertiary/aromatic N) is 3. The van der Waals surface area contributed by atoms with E-state index in [1.807, 2.05) is 12.3 Å². The highest BCUT2D eigenvalue weighted by atomic mass is 79.9. The highest BCUT2D eigenvalue weighted by Crippen LogP contribution is 2.44. The van der Waals surface area contributed by atoms with Gasteiger partial charge in [0.15, 0.2) is 5.11 Å². The minimum atomic E-state index is 0.0436. The lowest BCUT2D eigenvalue weighted by Gasteiger charge is -2.37. The zero-order valence-corrected chi connectivity index (χ0v) is 21.0. The number of hydrogen-bond acceptors (Lipinski definition) is 2. The van der Waals surface area contributed by atoms with Crippen LogP contribution in [0.25, 0.3) is 5.69 Å². The number of pyridine rings is 1. The van der Waals surface area contributed by atoms with Gasteiger partial charge in [0, 0.05) is 33.8 Å². The standard InChI is InChI=1S/C26H29BrN4S/c1-17-15-22(18(2)30(17)21-12-8-9-19(27)16-21)25-24(23-13-6-7-14-28-23)29-26(32)31(25)20-10-4-3-5-11-20/h6-9,12-16,20,24-25H,3-5,10-11H2,1-2H3,(H,29,32)/t24-,25-/m0/s1. The fourth-order valence-corrected chi connectivity index (χ4v) is 6.33. The molecule has 1 N–H and O–H groups in total. The van der Waals surface area contributed by atoms with E-state index < -0.39 is 0 Å². The molecule has 1 aromatic carbocycles. The van der Waals surface area contributed by atoms with Crippen molar-refractivity contribution < 1.29 is 0 Å². The fraction of sp³-hybridized carbons (Fsp3) is 0.385. The summed E-state index contributed by atoms with van der Waals surface area (Å²) < 4.78 is 3.44. The van der Waals surface area contributed by atoms with Gasteiger partial charge in [0.05, 0.1) is 17.8 Å². The van der Waals surface area contributed by atoms with Crippen LogP contribution in [0.15, 0.2) is 59.2 Å². The summed E-state index contributed by atoms with van der Waals surface area (Å²) in [6, 6.07) is 17.7. The van der Waals surface area contributed by atoms with Crippen LogP contribution in [0.1, 0.15) is 66.8 Å². The SMILES string of the molecule is Cc1cc([C@H]2[C@H](c3ccccn3)NC(=S)N2C2CCCCC2)c(C)n1-c1cccc(Br)c1. The summed E-state index contributed by atoms with van der Waals surface area (Å²) in [5, 5.41) is 4.51. The third-order valence-electron chi connectivity index (χ3n) is 6.96. The molecule has 0 radical (unpaired) electrons. The van der Waals surface area contributed by atoms with Crippen molar-refractivity contribution in [1.82, 2.24) is 19.8 Å². The van der Waals surface area contributed by atoms with Crippen LogP contribution in [0.2, 0.25) is 0 Å². The van der Waals surface area contributed by atoms with Crippen LogP contribution < -0.4 is 5.32 Å². The smallest absolute Gasteiger partial charge is 0.170 e. The normalized spacial score (nSPS) is 21.7. The topological polar surface area (TPSA) is 33.1 Å². The van der Waals surface area contributed by atoms with Crippen molar-refractivity contribution >= 4 is 33.3 Å². The minimum absolute atomic E-state index is 0.0436. The molecule has 3 aromatic rings. The molecule has 1 aliphatic carbocycles. The molecule has 0 unspecified atom stereocenters. The molecule has 32 heavy (non-hydrogen) atoms. The van der Waals surface area contributed by atoms with E-state index in [9.17, 15) is 0 Å². The zero-order chi connectivity index (χ0) is 22.2. The van der Waals surface area contributed by atoms with E-state index in [4.69, 9.17) is 17.2 Å². The molecule has 2 atom stereocenters. The maximum Gasteiger partial charge on any atom is 0.170 e. The van der Waals surface area contributed by atoms with Gasteiger partial charge in [-0.15, -0.1) is 0 Å². The fourth-order valence-electron chi connectivity index (χ4n) is 5.55. The predicted molar refractivity (Wildman–Crippen MR) is 137 cm³/mol. The number of halogens is 1. The summed E-state index contributed by atoms with van der Waals surface area (Å²) in [5.41, 5.74) is 6.05. The molecule has 2 fully saturated rings. The van der Waals surface area contributed by atoms with Gasteiger partial charge in [-0.1, -0.05) is 47.3 Å². The van der Waals surface area contributed by atoms with Crippen LogP contribution in [0.4, 0.5) is 0 Å². The van der Waals surface area contributed by atoms with Crippen LogP contribution in [0.5, 0.6) is 0 Å². The van der Waals surface area contributed by atoms with Crippen molar-refractivity contribution in [2.24, 2.45) is 0 Å². The van der Waals surface area contributed by atoms with Crippen molar-refractivity contribution in [2.45, 2.75) is 64.1 Å². The van der Waals surface area contributed by atoms with E-state index in [0.29, 0.717) is 6.04 Å².